The lowest BCUT2D eigenvalue weighted by Gasteiger charge is -2.14. The van der Waals surface area contributed by atoms with Gasteiger partial charge in [0, 0.05) is 18.6 Å². The summed E-state index contributed by atoms with van der Waals surface area (Å²) in [4.78, 5) is 23.7. The molecule has 0 aliphatic carbocycles. The van der Waals surface area contributed by atoms with Crippen LogP contribution < -0.4 is 15.4 Å². The van der Waals surface area contributed by atoms with Crippen molar-refractivity contribution in [3.63, 3.8) is 0 Å². The molecule has 0 radical (unpaired) electrons. The molecule has 0 saturated heterocycles. The molecule has 2 N–H and O–H groups in total. The number of halogens is 1. The van der Waals surface area contributed by atoms with Crippen LogP contribution >= 0.6 is 23.4 Å². The molecule has 0 unspecified atom stereocenters. The highest BCUT2D eigenvalue weighted by Crippen LogP contribution is 2.21. The Morgan fingerprint density at radius 3 is 2.84 bits per heavy atom. The summed E-state index contributed by atoms with van der Waals surface area (Å²) >= 11 is 7.17. The van der Waals surface area contributed by atoms with E-state index in [0.717, 1.165) is 0 Å². The third-order valence-corrected chi connectivity index (χ3v) is 3.16. The maximum Gasteiger partial charge on any atom is 0.357 e. The SMILES string of the molecule is CSCC[C@H](Nc1[nH+]c(Cl)ccc1[N+](=O)[O-])C(=O)[O-]. The smallest absolute Gasteiger partial charge is 0.357 e. The number of hydrogen-bond acceptors (Lipinski definition) is 6. The Hall–Kier alpha value is -1.54. The Balaban J connectivity index is 2.97. The van der Waals surface area contributed by atoms with Crippen molar-refractivity contribution >= 4 is 40.8 Å². The van der Waals surface area contributed by atoms with Crippen LogP contribution in [0.2, 0.25) is 5.15 Å². The van der Waals surface area contributed by atoms with Crippen LogP contribution in [0.1, 0.15) is 6.42 Å². The van der Waals surface area contributed by atoms with Crippen LogP contribution in [0.15, 0.2) is 12.1 Å². The maximum absolute atomic E-state index is 11.0. The molecule has 19 heavy (non-hydrogen) atoms. The van der Waals surface area contributed by atoms with E-state index < -0.39 is 16.9 Å². The van der Waals surface area contributed by atoms with E-state index in [9.17, 15) is 20.0 Å². The number of carbonyl (C=O) groups is 1. The lowest BCUT2D eigenvalue weighted by molar-refractivity contribution is -0.409. The first-order valence-corrected chi connectivity index (χ1v) is 7.05. The van der Waals surface area contributed by atoms with Crippen molar-refractivity contribution in [2.24, 2.45) is 0 Å². The second kappa shape index (κ2) is 7.15. The molecule has 1 atom stereocenters. The van der Waals surface area contributed by atoms with E-state index in [-0.39, 0.29) is 23.1 Å². The van der Waals surface area contributed by atoms with Gasteiger partial charge in [0.15, 0.2) is 5.15 Å². The molecular weight excluding hydrogens is 294 g/mol. The predicted octanol–water partition coefficient (Wildman–Crippen LogP) is 0.346. The zero-order valence-corrected chi connectivity index (χ0v) is 11.6. The Morgan fingerprint density at radius 2 is 2.32 bits per heavy atom. The summed E-state index contributed by atoms with van der Waals surface area (Å²) < 4.78 is 0. The minimum atomic E-state index is -1.32. The first kappa shape index (κ1) is 15.5. The van der Waals surface area contributed by atoms with Gasteiger partial charge in [-0.2, -0.15) is 11.8 Å². The number of carboxylic acids is 1. The third-order valence-electron chi connectivity index (χ3n) is 2.30. The molecule has 7 nitrogen and oxygen atoms in total. The molecule has 1 aromatic rings. The fourth-order valence-electron chi connectivity index (χ4n) is 1.38. The summed E-state index contributed by atoms with van der Waals surface area (Å²) in [6.45, 7) is 0. The summed E-state index contributed by atoms with van der Waals surface area (Å²) in [5.74, 6) is -0.787. The number of H-pyrrole nitrogens is 1. The molecule has 0 fully saturated rings. The summed E-state index contributed by atoms with van der Waals surface area (Å²) in [6.07, 6.45) is 2.11. The number of carboxylic acid groups (broad SMARTS) is 1. The molecule has 0 bridgehead atoms. The minimum Gasteiger partial charge on any atom is -0.546 e. The van der Waals surface area contributed by atoms with Crippen molar-refractivity contribution in [1.82, 2.24) is 0 Å². The highest BCUT2D eigenvalue weighted by molar-refractivity contribution is 7.98. The Bertz CT molecular complexity index is 486. The normalized spacial score (nSPS) is 11.9. The molecule has 104 valence electrons. The number of pyridine rings is 1. The van der Waals surface area contributed by atoms with E-state index in [1.807, 2.05) is 6.26 Å². The lowest BCUT2D eigenvalue weighted by Crippen LogP contribution is -2.42. The van der Waals surface area contributed by atoms with Crippen LogP contribution in [0.5, 0.6) is 0 Å². The summed E-state index contributed by atoms with van der Waals surface area (Å²) in [5, 5.41) is 24.5. The summed E-state index contributed by atoms with van der Waals surface area (Å²) in [6, 6.07) is 1.49. The molecule has 1 heterocycles. The number of hydrogen-bond donors (Lipinski definition) is 1. The van der Waals surface area contributed by atoms with Gasteiger partial charge in [-0.1, -0.05) is 0 Å². The largest absolute Gasteiger partial charge is 0.546 e. The number of nitrogens with one attached hydrogen (secondary N) is 2. The van der Waals surface area contributed by atoms with Crippen molar-refractivity contribution in [3.8, 4) is 0 Å². The number of aromatic nitrogens is 1. The molecule has 0 aliphatic rings. The first-order valence-electron chi connectivity index (χ1n) is 5.28. The van der Waals surface area contributed by atoms with Crippen LogP contribution in [0.25, 0.3) is 0 Å². The average molecular weight is 306 g/mol. The quantitative estimate of drug-likeness (QED) is 0.442. The zero-order valence-electron chi connectivity index (χ0n) is 10.0. The molecule has 0 amide bonds. The number of thioether (sulfide) groups is 1. The van der Waals surface area contributed by atoms with E-state index in [0.29, 0.717) is 5.75 Å². The van der Waals surface area contributed by atoms with Gasteiger partial charge in [-0.05, 0) is 23.6 Å². The van der Waals surface area contributed by atoms with Crippen LogP contribution in [0.4, 0.5) is 11.5 Å². The number of nitrogens with zero attached hydrogens (tertiary/aromatic N) is 1. The number of anilines is 1. The van der Waals surface area contributed by atoms with Crippen molar-refractivity contribution in [1.29, 1.82) is 0 Å². The van der Waals surface area contributed by atoms with Crippen LogP contribution in [0, 0.1) is 10.1 Å². The molecule has 0 saturated carbocycles. The highest BCUT2D eigenvalue weighted by atomic mass is 35.5. The van der Waals surface area contributed by atoms with Gasteiger partial charge < -0.3 is 9.90 Å². The van der Waals surface area contributed by atoms with Gasteiger partial charge in [0.2, 0.25) is 0 Å². The number of aliphatic carboxylic acids is 1. The number of rotatable bonds is 7. The Kier molecular flexibility index (Phi) is 5.84. The van der Waals surface area contributed by atoms with Gasteiger partial charge in [0.1, 0.15) is 6.04 Å². The van der Waals surface area contributed by atoms with Crippen molar-refractivity contribution in [3.05, 3.63) is 27.4 Å². The molecule has 9 heteroatoms. The Labute approximate surface area is 118 Å². The van der Waals surface area contributed by atoms with Crippen LogP contribution in [0.3, 0.4) is 0 Å². The van der Waals surface area contributed by atoms with Gasteiger partial charge in [0.25, 0.3) is 0 Å². The summed E-state index contributed by atoms with van der Waals surface area (Å²) in [5.41, 5.74) is -0.278. The van der Waals surface area contributed by atoms with Gasteiger partial charge in [-0.25, -0.2) is 4.98 Å². The van der Waals surface area contributed by atoms with Gasteiger partial charge in [0.05, 0.1) is 10.9 Å². The molecular formula is C10H12ClN3O4S. The predicted molar refractivity (Wildman–Crippen MR) is 70.1 cm³/mol. The maximum atomic E-state index is 11.0. The number of aromatic amines is 1. The van der Waals surface area contributed by atoms with E-state index in [4.69, 9.17) is 11.6 Å². The van der Waals surface area contributed by atoms with Crippen LogP contribution in [-0.2, 0) is 4.79 Å². The first-order chi connectivity index (χ1) is 8.95. The minimum absolute atomic E-state index is 0.0483. The van der Waals surface area contributed by atoms with Crippen molar-refractivity contribution in [2.75, 3.05) is 17.3 Å². The topological polar surface area (TPSA) is 109 Å². The monoisotopic (exact) mass is 305 g/mol. The molecule has 0 aliphatic heterocycles. The third kappa shape index (κ3) is 4.56. The highest BCUT2D eigenvalue weighted by Gasteiger charge is 2.25. The fraction of sp³-hybridized carbons (Fsp3) is 0.400. The summed E-state index contributed by atoms with van der Waals surface area (Å²) in [7, 11) is 0. The molecule has 0 spiro atoms. The second-order valence-electron chi connectivity index (χ2n) is 3.62. The van der Waals surface area contributed by atoms with E-state index in [1.54, 1.807) is 0 Å². The van der Waals surface area contributed by atoms with E-state index in [2.05, 4.69) is 10.3 Å². The molecule has 1 rings (SSSR count). The lowest BCUT2D eigenvalue weighted by atomic mass is 10.2. The fourth-order valence-corrected chi connectivity index (χ4v) is 2.01. The van der Waals surface area contributed by atoms with E-state index in [1.165, 1.54) is 23.9 Å². The Morgan fingerprint density at radius 1 is 1.63 bits per heavy atom. The van der Waals surface area contributed by atoms with Gasteiger partial charge in [-0.3, -0.25) is 15.4 Å². The standard InChI is InChI=1S/C10H12ClN3O4S/c1-19-5-4-6(10(15)16)12-9-7(14(17)18)2-3-8(11)13-9/h2-3,6H,4-5H2,1H3,(H,12,13)(H,15,16)/t6-/m0/s1. The van der Waals surface area contributed by atoms with Crippen molar-refractivity contribution < 1.29 is 19.8 Å². The number of nitro groups is 1. The molecule has 0 aromatic carbocycles. The average Bonchev–Trinajstić information content (AvgIpc) is 2.33. The number of carbonyl (C=O) groups excluding carboxylic acids is 1. The van der Waals surface area contributed by atoms with Crippen molar-refractivity contribution in [2.45, 2.75) is 12.5 Å². The van der Waals surface area contributed by atoms with Gasteiger partial charge >= 0.3 is 11.5 Å². The molecule has 1 aromatic heterocycles. The zero-order chi connectivity index (χ0) is 14.4. The van der Waals surface area contributed by atoms with E-state index >= 15 is 0 Å². The van der Waals surface area contributed by atoms with Crippen LogP contribution in [-0.4, -0.2) is 28.9 Å². The second-order valence-corrected chi connectivity index (χ2v) is 5.01. The van der Waals surface area contributed by atoms with Gasteiger partial charge in [-0.15, -0.1) is 0 Å².